The van der Waals surface area contributed by atoms with E-state index in [2.05, 4.69) is 17.2 Å². The zero-order chi connectivity index (χ0) is 16.4. The van der Waals surface area contributed by atoms with Gasteiger partial charge in [-0.25, -0.2) is 4.98 Å². The summed E-state index contributed by atoms with van der Waals surface area (Å²) in [4.78, 5) is 31.4. The summed E-state index contributed by atoms with van der Waals surface area (Å²) in [6.45, 7) is 5.26. The van der Waals surface area contributed by atoms with Crippen LogP contribution < -0.4 is 5.32 Å². The highest BCUT2D eigenvalue weighted by Crippen LogP contribution is 2.22. The number of imide groups is 1. The summed E-state index contributed by atoms with van der Waals surface area (Å²) in [6, 6.07) is 7.21. The lowest BCUT2D eigenvalue weighted by molar-refractivity contribution is 0.0649. The Labute approximate surface area is 139 Å². The molecule has 0 bridgehead atoms. The molecule has 1 N–H and O–H groups in total. The molecule has 120 valence electrons. The molecule has 2 heterocycles. The van der Waals surface area contributed by atoms with E-state index in [1.165, 1.54) is 9.78 Å². The van der Waals surface area contributed by atoms with Crippen molar-refractivity contribution in [3.63, 3.8) is 0 Å². The van der Waals surface area contributed by atoms with Gasteiger partial charge in [0.2, 0.25) is 0 Å². The molecule has 23 heavy (non-hydrogen) atoms. The topological polar surface area (TPSA) is 62.3 Å². The minimum Gasteiger partial charge on any atom is -0.309 e. The van der Waals surface area contributed by atoms with Crippen molar-refractivity contribution in [3.8, 4) is 0 Å². The van der Waals surface area contributed by atoms with E-state index in [1.54, 1.807) is 35.6 Å². The van der Waals surface area contributed by atoms with Crippen LogP contribution in [-0.4, -0.2) is 34.3 Å². The van der Waals surface area contributed by atoms with Gasteiger partial charge in [-0.2, -0.15) is 0 Å². The van der Waals surface area contributed by atoms with E-state index in [-0.39, 0.29) is 17.9 Å². The summed E-state index contributed by atoms with van der Waals surface area (Å²) in [7, 11) is 0. The van der Waals surface area contributed by atoms with Crippen LogP contribution in [-0.2, 0) is 6.54 Å². The van der Waals surface area contributed by atoms with Gasteiger partial charge >= 0.3 is 0 Å². The molecule has 1 aliphatic rings. The van der Waals surface area contributed by atoms with Gasteiger partial charge in [0.15, 0.2) is 0 Å². The van der Waals surface area contributed by atoms with E-state index in [0.29, 0.717) is 17.7 Å². The van der Waals surface area contributed by atoms with Crippen LogP contribution in [0.3, 0.4) is 0 Å². The summed E-state index contributed by atoms with van der Waals surface area (Å²) >= 11 is 1.64. The molecular formula is C17H19N3O2S. The third-order valence-corrected chi connectivity index (χ3v) is 5.05. The van der Waals surface area contributed by atoms with Gasteiger partial charge in [-0.15, -0.1) is 11.3 Å². The molecule has 0 saturated heterocycles. The van der Waals surface area contributed by atoms with Crippen molar-refractivity contribution in [2.75, 3.05) is 6.54 Å². The fraction of sp³-hybridized carbons (Fsp3) is 0.353. The first-order chi connectivity index (χ1) is 11.1. The largest absolute Gasteiger partial charge is 0.309 e. The zero-order valence-electron chi connectivity index (χ0n) is 13.2. The summed E-state index contributed by atoms with van der Waals surface area (Å²) in [5.41, 5.74) is 3.92. The highest BCUT2D eigenvalue weighted by atomic mass is 32.1. The van der Waals surface area contributed by atoms with E-state index < -0.39 is 0 Å². The molecule has 0 spiro atoms. The monoisotopic (exact) mass is 329 g/mol. The maximum atomic E-state index is 12.3. The SMILES string of the molecule is Cc1ncsc1CNC(C)CCN1C(=O)c2ccccc2C1=O. The molecule has 2 aromatic rings. The number of nitrogens with zero attached hydrogens (tertiary/aromatic N) is 2. The number of nitrogens with one attached hydrogen (secondary N) is 1. The maximum Gasteiger partial charge on any atom is 0.261 e. The minimum absolute atomic E-state index is 0.184. The van der Waals surface area contributed by atoms with Crippen LogP contribution in [0.4, 0.5) is 0 Å². The molecule has 0 saturated carbocycles. The van der Waals surface area contributed by atoms with Gasteiger partial charge in [-0.1, -0.05) is 12.1 Å². The molecule has 1 aromatic heterocycles. The third-order valence-electron chi connectivity index (χ3n) is 4.12. The third kappa shape index (κ3) is 3.18. The van der Waals surface area contributed by atoms with E-state index in [9.17, 15) is 9.59 Å². The van der Waals surface area contributed by atoms with Gasteiger partial charge in [0.05, 0.1) is 22.3 Å². The van der Waals surface area contributed by atoms with Gasteiger partial charge in [0.1, 0.15) is 0 Å². The number of carbonyl (C=O) groups excluding carboxylic acids is 2. The number of hydrogen-bond acceptors (Lipinski definition) is 5. The normalized spacial score (nSPS) is 15.1. The fourth-order valence-corrected chi connectivity index (χ4v) is 3.36. The van der Waals surface area contributed by atoms with Gasteiger partial charge in [0.25, 0.3) is 11.8 Å². The maximum absolute atomic E-state index is 12.3. The second-order valence-electron chi connectivity index (χ2n) is 5.74. The summed E-state index contributed by atoms with van der Waals surface area (Å²) in [5, 5.41) is 3.42. The molecule has 1 unspecified atom stereocenters. The van der Waals surface area contributed by atoms with Crippen LogP contribution >= 0.6 is 11.3 Å². The first-order valence-electron chi connectivity index (χ1n) is 7.65. The molecule has 1 aliphatic heterocycles. The highest BCUT2D eigenvalue weighted by molar-refractivity contribution is 7.09. The van der Waals surface area contributed by atoms with Crippen LogP contribution in [0.15, 0.2) is 29.8 Å². The number of amides is 2. The second-order valence-corrected chi connectivity index (χ2v) is 6.68. The number of aryl methyl sites for hydroxylation is 1. The minimum atomic E-state index is -0.184. The summed E-state index contributed by atoms with van der Waals surface area (Å²) in [5.74, 6) is -0.368. The number of benzene rings is 1. The van der Waals surface area contributed by atoms with Crippen LogP contribution in [0.25, 0.3) is 0 Å². The molecule has 3 rings (SSSR count). The van der Waals surface area contributed by atoms with Crippen LogP contribution in [0.1, 0.15) is 44.6 Å². The Kier molecular flexibility index (Phi) is 4.54. The Morgan fingerprint density at radius 1 is 1.22 bits per heavy atom. The van der Waals surface area contributed by atoms with Crippen molar-refractivity contribution in [1.82, 2.24) is 15.2 Å². The number of carbonyl (C=O) groups is 2. The number of thiazole rings is 1. The van der Waals surface area contributed by atoms with Gasteiger partial charge < -0.3 is 5.32 Å². The van der Waals surface area contributed by atoms with Crippen molar-refractivity contribution in [1.29, 1.82) is 0 Å². The Hall–Kier alpha value is -2.05. The van der Waals surface area contributed by atoms with Crippen molar-refractivity contribution in [2.45, 2.75) is 32.9 Å². The Balaban J connectivity index is 1.54. The molecule has 0 radical (unpaired) electrons. The lowest BCUT2D eigenvalue weighted by atomic mass is 10.1. The van der Waals surface area contributed by atoms with E-state index in [4.69, 9.17) is 0 Å². The summed E-state index contributed by atoms with van der Waals surface area (Å²) < 4.78 is 0. The quantitative estimate of drug-likeness (QED) is 0.828. The second kappa shape index (κ2) is 6.60. The standard InChI is InChI=1S/C17H19N3O2S/c1-11(18-9-15-12(2)19-10-23-15)7-8-20-16(21)13-5-3-4-6-14(13)17(20)22/h3-6,10-11,18H,7-9H2,1-2H3. The fourth-order valence-electron chi connectivity index (χ4n) is 2.63. The van der Waals surface area contributed by atoms with E-state index in [1.807, 2.05) is 12.4 Å². The molecular weight excluding hydrogens is 310 g/mol. The molecule has 2 amide bonds. The van der Waals surface area contributed by atoms with Crippen LogP contribution in [0.2, 0.25) is 0 Å². The number of rotatable bonds is 6. The lowest BCUT2D eigenvalue weighted by Gasteiger charge is -2.18. The lowest BCUT2D eigenvalue weighted by Crippen LogP contribution is -2.35. The van der Waals surface area contributed by atoms with Crippen molar-refractivity contribution >= 4 is 23.2 Å². The number of hydrogen-bond donors (Lipinski definition) is 1. The molecule has 6 heteroatoms. The molecule has 5 nitrogen and oxygen atoms in total. The smallest absolute Gasteiger partial charge is 0.261 e. The molecule has 1 aromatic carbocycles. The van der Waals surface area contributed by atoms with E-state index in [0.717, 1.165) is 18.7 Å². The average Bonchev–Trinajstić information content (AvgIpc) is 3.07. The Morgan fingerprint density at radius 3 is 2.43 bits per heavy atom. The van der Waals surface area contributed by atoms with Gasteiger partial charge in [0, 0.05) is 24.0 Å². The van der Waals surface area contributed by atoms with Crippen molar-refractivity contribution in [2.24, 2.45) is 0 Å². The zero-order valence-corrected chi connectivity index (χ0v) is 14.0. The van der Waals surface area contributed by atoms with Gasteiger partial charge in [-0.3, -0.25) is 14.5 Å². The van der Waals surface area contributed by atoms with Crippen molar-refractivity contribution < 1.29 is 9.59 Å². The molecule has 0 aliphatic carbocycles. The Bertz CT molecular complexity index is 706. The van der Waals surface area contributed by atoms with Crippen LogP contribution in [0, 0.1) is 6.92 Å². The highest BCUT2D eigenvalue weighted by Gasteiger charge is 2.34. The molecule has 1 atom stereocenters. The Morgan fingerprint density at radius 2 is 1.87 bits per heavy atom. The summed E-state index contributed by atoms with van der Waals surface area (Å²) in [6.07, 6.45) is 0.726. The van der Waals surface area contributed by atoms with E-state index >= 15 is 0 Å². The first kappa shape index (κ1) is 15.8. The predicted molar refractivity (Wildman–Crippen MR) is 89.6 cm³/mol. The average molecular weight is 329 g/mol. The predicted octanol–water partition coefficient (Wildman–Crippen LogP) is 2.62. The number of fused-ring (bicyclic) bond motifs is 1. The first-order valence-corrected chi connectivity index (χ1v) is 8.53. The molecule has 0 fully saturated rings. The number of aromatic nitrogens is 1. The van der Waals surface area contributed by atoms with Gasteiger partial charge in [-0.05, 0) is 32.4 Å². The van der Waals surface area contributed by atoms with Crippen LogP contribution in [0.5, 0.6) is 0 Å². The van der Waals surface area contributed by atoms with Crippen molar-refractivity contribution in [3.05, 3.63) is 51.5 Å².